The van der Waals surface area contributed by atoms with Crippen molar-refractivity contribution in [1.29, 1.82) is 0 Å². The van der Waals surface area contributed by atoms with Crippen molar-refractivity contribution in [3.05, 3.63) is 47.8 Å². The van der Waals surface area contributed by atoms with Crippen molar-refractivity contribution < 1.29 is 4.79 Å². The number of fused-ring (bicyclic) bond motifs is 1. The zero-order chi connectivity index (χ0) is 14.1. The number of hydrogen-bond donors (Lipinski definition) is 3. The van der Waals surface area contributed by atoms with Gasteiger partial charge in [-0.05, 0) is 26.0 Å². The zero-order valence-corrected chi connectivity index (χ0v) is 11.3. The lowest BCUT2D eigenvalue weighted by atomic mass is 10.3. The highest BCUT2D eigenvalue weighted by atomic mass is 16.2. The number of hydrogen-bond acceptors (Lipinski definition) is 3. The molecule has 3 N–H and O–H groups in total. The Morgan fingerprint density at radius 3 is 2.80 bits per heavy atom. The molecule has 0 aliphatic heterocycles. The number of carbonyl (C=O) groups excluding carboxylic acids is 1. The third-order valence-corrected chi connectivity index (χ3v) is 3.08. The Morgan fingerprint density at radius 1 is 1.30 bits per heavy atom. The van der Waals surface area contributed by atoms with E-state index >= 15 is 0 Å². The van der Waals surface area contributed by atoms with E-state index in [1.165, 1.54) is 0 Å². The van der Waals surface area contributed by atoms with Gasteiger partial charge in [0.25, 0.3) is 5.91 Å². The van der Waals surface area contributed by atoms with Gasteiger partial charge in [0.1, 0.15) is 5.82 Å². The number of H-pyrrole nitrogens is 2. The minimum atomic E-state index is -0.247. The number of benzene rings is 1. The molecule has 0 unspecified atom stereocenters. The second-order valence-corrected chi connectivity index (χ2v) is 4.75. The fourth-order valence-electron chi connectivity index (χ4n) is 2.05. The van der Waals surface area contributed by atoms with Crippen molar-refractivity contribution in [3.63, 3.8) is 0 Å². The SMILES string of the molecule is Cc1cnc([C@H](C)NC(=O)c2nc3ccccc3[nH]2)[nH]1. The molecule has 3 aromatic rings. The number of para-hydroxylation sites is 2. The number of aromatic nitrogens is 4. The maximum Gasteiger partial charge on any atom is 0.287 e. The molecule has 0 aliphatic rings. The number of imidazole rings is 2. The zero-order valence-electron chi connectivity index (χ0n) is 11.3. The van der Waals surface area contributed by atoms with Gasteiger partial charge < -0.3 is 15.3 Å². The van der Waals surface area contributed by atoms with Gasteiger partial charge in [-0.25, -0.2) is 9.97 Å². The van der Waals surface area contributed by atoms with Crippen LogP contribution in [0.2, 0.25) is 0 Å². The number of aromatic amines is 2. The lowest BCUT2D eigenvalue weighted by Crippen LogP contribution is -2.28. The lowest BCUT2D eigenvalue weighted by Gasteiger charge is -2.09. The average molecular weight is 269 g/mol. The Balaban J connectivity index is 1.78. The van der Waals surface area contributed by atoms with Crippen molar-refractivity contribution in [1.82, 2.24) is 25.3 Å². The molecule has 0 saturated heterocycles. The molecule has 2 aromatic heterocycles. The molecule has 0 aliphatic carbocycles. The monoisotopic (exact) mass is 269 g/mol. The van der Waals surface area contributed by atoms with Crippen LogP contribution in [0.1, 0.15) is 35.1 Å². The van der Waals surface area contributed by atoms with Gasteiger partial charge in [-0.15, -0.1) is 0 Å². The fraction of sp³-hybridized carbons (Fsp3) is 0.214. The minimum absolute atomic E-state index is 0.204. The number of rotatable bonds is 3. The summed E-state index contributed by atoms with van der Waals surface area (Å²) < 4.78 is 0. The van der Waals surface area contributed by atoms with Crippen molar-refractivity contribution in [3.8, 4) is 0 Å². The molecular formula is C14H15N5O. The van der Waals surface area contributed by atoms with Gasteiger partial charge in [-0.2, -0.15) is 0 Å². The molecule has 0 bridgehead atoms. The molecule has 1 atom stereocenters. The smallest absolute Gasteiger partial charge is 0.287 e. The van der Waals surface area contributed by atoms with Crippen LogP contribution in [-0.4, -0.2) is 25.8 Å². The van der Waals surface area contributed by atoms with E-state index in [9.17, 15) is 4.79 Å². The van der Waals surface area contributed by atoms with Crippen molar-refractivity contribution in [2.24, 2.45) is 0 Å². The molecule has 6 heteroatoms. The highest BCUT2D eigenvalue weighted by Crippen LogP contribution is 2.12. The average Bonchev–Trinajstić information content (AvgIpc) is 3.04. The summed E-state index contributed by atoms with van der Waals surface area (Å²) in [6, 6.07) is 7.33. The molecule has 0 saturated carbocycles. The largest absolute Gasteiger partial charge is 0.344 e. The van der Waals surface area contributed by atoms with Crippen LogP contribution in [0.5, 0.6) is 0 Å². The predicted octanol–water partition coefficient (Wildman–Crippen LogP) is 2.09. The molecule has 6 nitrogen and oxygen atoms in total. The van der Waals surface area contributed by atoms with Gasteiger partial charge in [0.15, 0.2) is 5.82 Å². The number of nitrogens with one attached hydrogen (secondary N) is 3. The Labute approximate surface area is 115 Å². The maximum absolute atomic E-state index is 12.2. The van der Waals surface area contributed by atoms with Gasteiger partial charge in [0, 0.05) is 11.9 Å². The van der Waals surface area contributed by atoms with E-state index in [0.717, 1.165) is 22.6 Å². The standard InChI is InChI=1S/C14H15N5O/c1-8-7-15-12(16-8)9(2)17-14(20)13-18-10-5-3-4-6-11(10)19-13/h3-7,9H,1-2H3,(H,15,16)(H,17,20)(H,18,19)/t9-/m0/s1. The van der Waals surface area contributed by atoms with E-state index in [4.69, 9.17) is 0 Å². The minimum Gasteiger partial charge on any atom is -0.344 e. The first-order valence-corrected chi connectivity index (χ1v) is 6.40. The second-order valence-electron chi connectivity index (χ2n) is 4.75. The molecule has 1 aromatic carbocycles. The Morgan fingerprint density at radius 2 is 2.10 bits per heavy atom. The summed E-state index contributed by atoms with van der Waals surface area (Å²) in [5.41, 5.74) is 2.59. The first-order valence-electron chi connectivity index (χ1n) is 6.40. The van der Waals surface area contributed by atoms with E-state index in [1.54, 1.807) is 6.20 Å². The van der Waals surface area contributed by atoms with Crippen LogP contribution in [0.15, 0.2) is 30.5 Å². The first-order chi connectivity index (χ1) is 9.63. The summed E-state index contributed by atoms with van der Waals surface area (Å²) in [5, 5.41) is 2.86. The van der Waals surface area contributed by atoms with Crippen LogP contribution in [-0.2, 0) is 0 Å². The van der Waals surface area contributed by atoms with Crippen LogP contribution in [0.3, 0.4) is 0 Å². The summed E-state index contributed by atoms with van der Waals surface area (Å²) in [7, 11) is 0. The summed E-state index contributed by atoms with van der Waals surface area (Å²) in [5.74, 6) is 0.788. The predicted molar refractivity (Wildman–Crippen MR) is 75.3 cm³/mol. The summed E-state index contributed by atoms with van der Waals surface area (Å²) in [6.07, 6.45) is 1.74. The lowest BCUT2D eigenvalue weighted by molar-refractivity contribution is 0.0929. The Kier molecular flexibility index (Phi) is 2.98. The van der Waals surface area contributed by atoms with E-state index < -0.39 is 0 Å². The number of aryl methyl sites for hydroxylation is 1. The van der Waals surface area contributed by atoms with E-state index in [2.05, 4.69) is 25.3 Å². The van der Waals surface area contributed by atoms with E-state index in [1.807, 2.05) is 38.1 Å². The van der Waals surface area contributed by atoms with Crippen LogP contribution in [0.4, 0.5) is 0 Å². The highest BCUT2D eigenvalue weighted by molar-refractivity contribution is 5.94. The number of carbonyl (C=O) groups is 1. The molecule has 0 spiro atoms. The number of nitrogens with zero attached hydrogens (tertiary/aromatic N) is 2. The summed E-state index contributed by atoms with van der Waals surface area (Å²) >= 11 is 0. The fourth-order valence-corrected chi connectivity index (χ4v) is 2.05. The molecule has 20 heavy (non-hydrogen) atoms. The third kappa shape index (κ3) is 2.27. The quantitative estimate of drug-likeness (QED) is 0.680. The van der Waals surface area contributed by atoms with Crippen LogP contribution in [0, 0.1) is 6.92 Å². The van der Waals surface area contributed by atoms with Crippen LogP contribution in [0.25, 0.3) is 11.0 Å². The van der Waals surface area contributed by atoms with Gasteiger partial charge in [0.05, 0.1) is 17.1 Å². The van der Waals surface area contributed by atoms with Gasteiger partial charge in [-0.3, -0.25) is 4.79 Å². The van der Waals surface area contributed by atoms with Crippen LogP contribution >= 0.6 is 0 Å². The molecule has 0 radical (unpaired) electrons. The molecule has 2 heterocycles. The number of amides is 1. The van der Waals surface area contributed by atoms with Gasteiger partial charge in [-0.1, -0.05) is 12.1 Å². The summed E-state index contributed by atoms with van der Waals surface area (Å²) in [4.78, 5) is 26.7. The van der Waals surface area contributed by atoms with Gasteiger partial charge >= 0.3 is 0 Å². The first kappa shape index (κ1) is 12.4. The molecule has 102 valence electrons. The third-order valence-electron chi connectivity index (χ3n) is 3.08. The Hall–Kier alpha value is -2.63. The molecular weight excluding hydrogens is 254 g/mol. The molecule has 0 fully saturated rings. The maximum atomic E-state index is 12.2. The van der Waals surface area contributed by atoms with E-state index in [0.29, 0.717) is 5.82 Å². The topological polar surface area (TPSA) is 86.5 Å². The van der Waals surface area contributed by atoms with Crippen LogP contribution < -0.4 is 5.32 Å². The van der Waals surface area contributed by atoms with Crippen molar-refractivity contribution >= 4 is 16.9 Å². The molecule has 1 amide bonds. The van der Waals surface area contributed by atoms with Crippen molar-refractivity contribution in [2.75, 3.05) is 0 Å². The second kappa shape index (κ2) is 4.80. The van der Waals surface area contributed by atoms with Crippen molar-refractivity contribution in [2.45, 2.75) is 19.9 Å². The Bertz CT molecular complexity index is 725. The van der Waals surface area contributed by atoms with Gasteiger partial charge in [0.2, 0.25) is 0 Å². The van der Waals surface area contributed by atoms with E-state index in [-0.39, 0.29) is 11.9 Å². The molecule has 3 rings (SSSR count). The normalized spacial score (nSPS) is 12.5. The highest BCUT2D eigenvalue weighted by Gasteiger charge is 2.16. The summed E-state index contributed by atoms with van der Waals surface area (Å²) in [6.45, 7) is 3.79.